The largest absolute Gasteiger partial charge is 0.416 e. The highest BCUT2D eigenvalue weighted by molar-refractivity contribution is 14.0. The van der Waals surface area contributed by atoms with Crippen LogP contribution < -0.4 is 15.4 Å². The zero-order valence-corrected chi connectivity index (χ0v) is 20.1. The van der Waals surface area contributed by atoms with Crippen molar-refractivity contribution in [3.63, 3.8) is 0 Å². The van der Waals surface area contributed by atoms with Gasteiger partial charge >= 0.3 is 6.18 Å². The number of aromatic nitrogens is 1. The van der Waals surface area contributed by atoms with Crippen LogP contribution in [0.5, 0.6) is 0 Å². The Kier molecular flexibility index (Phi) is 10.7. The van der Waals surface area contributed by atoms with E-state index in [0.29, 0.717) is 18.1 Å². The molecule has 0 saturated carbocycles. The maximum absolute atomic E-state index is 12.9. The van der Waals surface area contributed by atoms with E-state index in [1.165, 1.54) is 30.6 Å². The maximum Gasteiger partial charge on any atom is 0.416 e. The van der Waals surface area contributed by atoms with Gasteiger partial charge in [-0.25, -0.2) is 13.1 Å². The summed E-state index contributed by atoms with van der Waals surface area (Å²) in [5.74, 6) is 0.364. The van der Waals surface area contributed by atoms with Crippen molar-refractivity contribution >= 4 is 40.0 Å². The van der Waals surface area contributed by atoms with Crippen molar-refractivity contribution in [3.8, 4) is 0 Å². The van der Waals surface area contributed by atoms with Crippen LogP contribution >= 0.6 is 24.0 Å². The first-order valence-electron chi connectivity index (χ1n) is 9.25. The first-order chi connectivity index (χ1) is 14.1. The van der Waals surface area contributed by atoms with Gasteiger partial charge in [-0.2, -0.15) is 13.2 Å². The summed E-state index contributed by atoms with van der Waals surface area (Å²) in [5.41, 5.74) is -0.270. The van der Waals surface area contributed by atoms with Crippen molar-refractivity contribution in [1.29, 1.82) is 0 Å². The lowest BCUT2D eigenvalue weighted by atomic mass is 10.1. The van der Waals surface area contributed by atoms with Crippen molar-refractivity contribution in [1.82, 2.24) is 20.3 Å². The lowest BCUT2D eigenvalue weighted by molar-refractivity contribution is -0.137. The Hall–Kier alpha value is -1.93. The number of nitrogens with one attached hydrogen (secondary N) is 3. The zero-order valence-electron chi connectivity index (χ0n) is 17.0. The minimum absolute atomic E-state index is 0. The Morgan fingerprint density at radius 1 is 1.23 bits per heavy atom. The summed E-state index contributed by atoms with van der Waals surface area (Å²) in [6.45, 7) is 4.27. The molecule has 0 aliphatic carbocycles. The standard InChI is InChI=1S/C19H24F3N5O2S.HI/c1-3-24-18(25-10-11-26-30(28,29)17-8-5-9-23-13-17)27-14(2)15-6-4-7-16(12-15)19(20,21)22;/h4-9,12-14,26H,3,10-11H2,1-2H3,(H2,24,25,27);1H. The van der Waals surface area contributed by atoms with E-state index in [2.05, 4.69) is 25.3 Å². The number of guanidine groups is 1. The van der Waals surface area contributed by atoms with Crippen LogP contribution in [0.3, 0.4) is 0 Å². The van der Waals surface area contributed by atoms with Gasteiger partial charge < -0.3 is 10.6 Å². The van der Waals surface area contributed by atoms with Crippen molar-refractivity contribution < 1.29 is 21.6 Å². The third kappa shape index (κ3) is 8.61. The first-order valence-corrected chi connectivity index (χ1v) is 10.7. The molecule has 12 heteroatoms. The molecule has 0 saturated heterocycles. The number of hydrogen-bond acceptors (Lipinski definition) is 4. The fraction of sp³-hybridized carbons (Fsp3) is 0.368. The SMILES string of the molecule is CCNC(=NCCNS(=O)(=O)c1cccnc1)NC(C)c1cccc(C(F)(F)F)c1.I. The normalized spacial score (nSPS) is 13.3. The van der Waals surface area contributed by atoms with Gasteiger partial charge in [0.25, 0.3) is 0 Å². The van der Waals surface area contributed by atoms with Gasteiger partial charge in [0.15, 0.2) is 5.96 Å². The molecule has 31 heavy (non-hydrogen) atoms. The molecule has 3 N–H and O–H groups in total. The molecule has 1 unspecified atom stereocenters. The van der Waals surface area contributed by atoms with Crippen molar-refractivity contribution in [3.05, 3.63) is 59.9 Å². The topological polar surface area (TPSA) is 95.5 Å². The summed E-state index contributed by atoms with van der Waals surface area (Å²) in [5, 5.41) is 6.01. The summed E-state index contributed by atoms with van der Waals surface area (Å²) in [7, 11) is -3.68. The number of nitrogens with zero attached hydrogens (tertiary/aromatic N) is 2. The van der Waals surface area contributed by atoms with Gasteiger partial charge in [0.05, 0.1) is 18.2 Å². The van der Waals surface area contributed by atoms with E-state index in [0.717, 1.165) is 12.1 Å². The number of hydrogen-bond donors (Lipinski definition) is 3. The molecule has 0 amide bonds. The lowest BCUT2D eigenvalue weighted by Crippen LogP contribution is -2.39. The van der Waals surface area contributed by atoms with Gasteiger partial charge in [0.2, 0.25) is 10.0 Å². The van der Waals surface area contributed by atoms with Gasteiger partial charge in [-0.05, 0) is 43.7 Å². The van der Waals surface area contributed by atoms with Crippen LogP contribution in [0.25, 0.3) is 0 Å². The number of sulfonamides is 1. The average molecular weight is 571 g/mol. The van der Waals surface area contributed by atoms with Crippen molar-refractivity contribution in [2.75, 3.05) is 19.6 Å². The quantitative estimate of drug-likeness (QED) is 0.196. The molecule has 0 bridgehead atoms. The van der Waals surface area contributed by atoms with Crippen molar-refractivity contribution in [2.45, 2.75) is 31.0 Å². The van der Waals surface area contributed by atoms with Gasteiger partial charge in [0, 0.05) is 25.5 Å². The molecule has 0 aliphatic heterocycles. The average Bonchev–Trinajstić information content (AvgIpc) is 2.71. The second-order valence-electron chi connectivity index (χ2n) is 6.34. The Bertz CT molecular complexity index is 957. The second-order valence-corrected chi connectivity index (χ2v) is 8.10. The number of rotatable bonds is 8. The van der Waals surface area contributed by atoms with Crippen LogP contribution in [0.15, 0.2) is 58.7 Å². The van der Waals surface area contributed by atoms with Crippen LogP contribution in [-0.4, -0.2) is 39.0 Å². The molecule has 0 fully saturated rings. The van der Waals surface area contributed by atoms with Crippen LogP contribution in [-0.2, 0) is 16.2 Å². The molecular weight excluding hydrogens is 546 g/mol. The summed E-state index contributed by atoms with van der Waals surface area (Å²) in [6, 6.07) is 7.56. The van der Waals surface area contributed by atoms with Gasteiger partial charge in [-0.15, -0.1) is 24.0 Å². The monoisotopic (exact) mass is 571 g/mol. The van der Waals surface area contributed by atoms with Crippen LogP contribution in [0.2, 0.25) is 0 Å². The highest BCUT2D eigenvalue weighted by Crippen LogP contribution is 2.30. The summed E-state index contributed by atoms with van der Waals surface area (Å²) < 4.78 is 65.5. The molecule has 1 aromatic carbocycles. The molecule has 2 rings (SSSR count). The highest BCUT2D eigenvalue weighted by Gasteiger charge is 2.30. The lowest BCUT2D eigenvalue weighted by Gasteiger charge is -2.19. The Labute approximate surface area is 197 Å². The second kappa shape index (κ2) is 12.2. The summed E-state index contributed by atoms with van der Waals surface area (Å²) in [6.07, 6.45) is -1.70. The number of aliphatic imine (C=N–C) groups is 1. The predicted molar refractivity (Wildman–Crippen MR) is 124 cm³/mol. The molecule has 1 heterocycles. The van der Waals surface area contributed by atoms with Gasteiger partial charge in [-0.3, -0.25) is 9.98 Å². The van der Waals surface area contributed by atoms with Gasteiger partial charge in [-0.1, -0.05) is 12.1 Å². The van der Waals surface area contributed by atoms with Crippen LogP contribution in [0.4, 0.5) is 13.2 Å². The highest BCUT2D eigenvalue weighted by atomic mass is 127. The van der Waals surface area contributed by atoms with E-state index < -0.39 is 27.8 Å². The predicted octanol–water partition coefficient (Wildman–Crippen LogP) is 3.31. The Balaban J connectivity index is 0.00000480. The minimum atomic E-state index is -4.42. The summed E-state index contributed by atoms with van der Waals surface area (Å²) >= 11 is 0. The molecule has 7 nitrogen and oxygen atoms in total. The number of alkyl halides is 3. The minimum Gasteiger partial charge on any atom is -0.357 e. The fourth-order valence-corrected chi connectivity index (χ4v) is 3.51. The molecule has 1 aromatic heterocycles. The van der Waals surface area contributed by atoms with Gasteiger partial charge in [0.1, 0.15) is 4.90 Å². The van der Waals surface area contributed by atoms with E-state index >= 15 is 0 Å². The maximum atomic E-state index is 12.9. The number of pyridine rings is 1. The van der Waals surface area contributed by atoms with Crippen molar-refractivity contribution in [2.24, 2.45) is 4.99 Å². The van der Waals surface area contributed by atoms with E-state index in [4.69, 9.17) is 0 Å². The summed E-state index contributed by atoms with van der Waals surface area (Å²) in [4.78, 5) is 8.11. The molecule has 1 atom stereocenters. The van der Waals surface area contributed by atoms with E-state index in [9.17, 15) is 21.6 Å². The van der Waals surface area contributed by atoms with E-state index in [1.807, 2.05) is 6.92 Å². The third-order valence-electron chi connectivity index (χ3n) is 4.03. The Morgan fingerprint density at radius 2 is 1.97 bits per heavy atom. The number of benzene rings is 1. The molecule has 2 aromatic rings. The zero-order chi connectivity index (χ0) is 22.2. The first kappa shape index (κ1) is 27.1. The molecule has 0 radical (unpaired) electrons. The third-order valence-corrected chi connectivity index (χ3v) is 5.48. The molecule has 0 aliphatic rings. The fourth-order valence-electron chi connectivity index (χ4n) is 2.53. The smallest absolute Gasteiger partial charge is 0.357 e. The molecule has 0 spiro atoms. The molecular formula is C19H25F3IN5O2S. The van der Waals surface area contributed by atoms with Crippen LogP contribution in [0.1, 0.15) is 31.0 Å². The number of halogens is 4. The Morgan fingerprint density at radius 3 is 2.58 bits per heavy atom. The van der Waals surface area contributed by atoms with E-state index in [-0.39, 0.29) is 42.0 Å². The van der Waals surface area contributed by atoms with Crippen LogP contribution in [0, 0.1) is 0 Å². The molecule has 172 valence electrons. The van der Waals surface area contributed by atoms with E-state index in [1.54, 1.807) is 13.0 Å².